The number of carbonyl (C=O) groups is 1. The third kappa shape index (κ3) is 4.25. The Balaban J connectivity index is 3.21. The van der Waals surface area contributed by atoms with Gasteiger partial charge in [-0.15, -0.1) is 0 Å². The van der Waals surface area contributed by atoms with E-state index in [1.165, 1.54) is 0 Å². The molecule has 0 spiro atoms. The fourth-order valence-corrected chi connectivity index (χ4v) is 0.396. The van der Waals surface area contributed by atoms with Crippen LogP contribution in [0.2, 0.25) is 0 Å². The van der Waals surface area contributed by atoms with E-state index in [1.807, 2.05) is 0 Å². The zero-order valence-corrected chi connectivity index (χ0v) is 5.84. The minimum absolute atomic E-state index is 0.109. The maximum absolute atomic E-state index is 10.0. The highest BCUT2D eigenvalue weighted by Crippen LogP contribution is 1.75. The van der Waals surface area contributed by atoms with Gasteiger partial charge in [0.25, 0.3) is 0 Å². The van der Waals surface area contributed by atoms with Crippen LogP contribution in [0.1, 0.15) is 0 Å². The number of carboxylic acid groups (broad SMARTS) is 1. The van der Waals surface area contributed by atoms with Crippen LogP contribution in [0.15, 0.2) is 0 Å². The number of quaternary nitrogens is 2. The number of hydrogen-bond acceptors (Lipinski definition) is 3. The SMILES string of the molecule is [NH3+]CCOC[C@@H]([NH3+])C(=O)[O-]. The van der Waals surface area contributed by atoms with Crippen LogP contribution in [0.25, 0.3) is 0 Å². The minimum Gasteiger partial charge on any atom is -0.544 e. The molecule has 0 bridgehead atoms. The van der Waals surface area contributed by atoms with E-state index < -0.39 is 12.0 Å². The van der Waals surface area contributed by atoms with Gasteiger partial charge in [-0.2, -0.15) is 0 Å². The summed E-state index contributed by atoms with van der Waals surface area (Å²) in [4.78, 5) is 10.0. The van der Waals surface area contributed by atoms with E-state index in [4.69, 9.17) is 4.74 Å². The van der Waals surface area contributed by atoms with Gasteiger partial charge in [-0.05, 0) is 0 Å². The van der Waals surface area contributed by atoms with Gasteiger partial charge in [0, 0.05) is 0 Å². The molecule has 5 nitrogen and oxygen atoms in total. The zero-order valence-electron chi connectivity index (χ0n) is 5.84. The number of ether oxygens (including phenoxy) is 1. The molecule has 6 N–H and O–H groups in total. The van der Waals surface area contributed by atoms with Crippen LogP contribution in [0.5, 0.6) is 0 Å². The summed E-state index contributed by atoms with van der Waals surface area (Å²) in [5.41, 5.74) is 6.82. The molecular formula is C5H13N2O3+. The van der Waals surface area contributed by atoms with Gasteiger partial charge in [0.2, 0.25) is 0 Å². The molecule has 0 aromatic rings. The first kappa shape index (κ1) is 9.35. The number of carboxylic acids is 1. The molecule has 0 saturated carbocycles. The van der Waals surface area contributed by atoms with E-state index in [9.17, 15) is 9.90 Å². The Bertz CT molecular complexity index is 107. The summed E-state index contributed by atoms with van der Waals surface area (Å²) < 4.78 is 4.86. The smallest absolute Gasteiger partial charge is 0.148 e. The molecule has 0 heterocycles. The largest absolute Gasteiger partial charge is 0.544 e. The fraction of sp³-hybridized carbons (Fsp3) is 0.800. The van der Waals surface area contributed by atoms with Crippen molar-refractivity contribution in [1.82, 2.24) is 0 Å². The molecule has 1 atom stereocenters. The first-order valence-corrected chi connectivity index (χ1v) is 3.09. The van der Waals surface area contributed by atoms with Crippen LogP contribution < -0.4 is 16.6 Å². The second-order valence-electron chi connectivity index (χ2n) is 1.94. The van der Waals surface area contributed by atoms with E-state index in [0.717, 1.165) is 0 Å². The van der Waals surface area contributed by atoms with Crippen molar-refractivity contribution in [1.29, 1.82) is 0 Å². The molecule has 0 aromatic carbocycles. The maximum Gasteiger partial charge on any atom is 0.148 e. The van der Waals surface area contributed by atoms with Gasteiger partial charge in [0.15, 0.2) is 0 Å². The molecule has 0 rings (SSSR count). The normalized spacial score (nSPS) is 13.0. The van der Waals surface area contributed by atoms with Gasteiger partial charge in [0.1, 0.15) is 18.6 Å². The molecule has 0 radical (unpaired) electrons. The first-order chi connectivity index (χ1) is 4.68. The van der Waals surface area contributed by atoms with Crippen molar-refractivity contribution >= 4 is 5.97 Å². The van der Waals surface area contributed by atoms with Crippen molar-refractivity contribution in [2.45, 2.75) is 6.04 Å². The molecule has 0 amide bonds. The Hall–Kier alpha value is -0.650. The second-order valence-corrected chi connectivity index (χ2v) is 1.94. The van der Waals surface area contributed by atoms with E-state index in [0.29, 0.717) is 13.2 Å². The summed E-state index contributed by atoms with van der Waals surface area (Å²) in [6.45, 7) is 1.22. The average Bonchev–Trinajstić information content (AvgIpc) is 1.88. The van der Waals surface area contributed by atoms with Gasteiger partial charge >= 0.3 is 0 Å². The van der Waals surface area contributed by atoms with E-state index in [-0.39, 0.29) is 6.61 Å². The standard InChI is InChI=1S/C5H12N2O3/c6-1-2-10-3-4(7)5(8)9/h4H,1-3,6-7H2,(H,8,9)/p+1/t4-/m1/s1. The highest BCUT2D eigenvalue weighted by molar-refractivity contribution is 5.69. The second kappa shape index (κ2) is 5.16. The van der Waals surface area contributed by atoms with Crippen molar-refractivity contribution < 1.29 is 26.1 Å². The average molecular weight is 149 g/mol. The van der Waals surface area contributed by atoms with Crippen LogP contribution in [0.4, 0.5) is 0 Å². The number of hydrogen-bond donors (Lipinski definition) is 2. The molecule has 10 heavy (non-hydrogen) atoms. The molecule has 0 aliphatic heterocycles. The topological polar surface area (TPSA) is 105 Å². The van der Waals surface area contributed by atoms with Crippen LogP contribution >= 0.6 is 0 Å². The molecule has 0 aromatic heterocycles. The van der Waals surface area contributed by atoms with Crippen molar-refractivity contribution in [2.75, 3.05) is 19.8 Å². The maximum atomic E-state index is 10.0. The van der Waals surface area contributed by atoms with Gasteiger partial charge in [-0.1, -0.05) is 0 Å². The van der Waals surface area contributed by atoms with Crippen LogP contribution in [-0.4, -0.2) is 31.8 Å². The number of aliphatic carboxylic acids is 1. The quantitative estimate of drug-likeness (QED) is 0.385. The van der Waals surface area contributed by atoms with Crippen LogP contribution in [0, 0.1) is 0 Å². The lowest BCUT2D eigenvalue weighted by Crippen LogP contribution is -2.70. The molecule has 60 valence electrons. The summed E-state index contributed by atoms with van der Waals surface area (Å²) in [5.74, 6) is -1.18. The molecule has 0 saturated heterocycles. The Kier molecular flexibility index (Phi) is 4.82. The molecule has 0 aliphatic carbocycles. The van der Waals surface area contributed by atoms with Crippen LogP contribution in [0.3, 0.4) is 0 Å². The van der Waals surface area contributed by atoms with Crippen molar-refractivity contribution in [3.05, 3.63) is 0 Å². The minimum atomic E-state index is -1.18. The Morgan fingerprint density at radius 3 is 2.70 bits per heavy atom. The monoisotopic (exact) mass is 149 g/mol. The molecule has 5 heteroatoms. The van der Waals surface area contributed by atoms with Crippen molar-refractivity contribution in [3.8, 4) is 0 Å². The molecular weight excluding hydrogens is 136 g/mol. The Morgan fingerprint density at radius 1 is 1.70 bits per heavy atom. The van der Waals surface area contributed by atoms with Crippen molar-refractivity contribution in [2.24, 2.45) is 0 Å². The van der Waals surface area contributed by atoms with E-state index in [1.54, 1.807) is 0 Å². The molecule has 0 aliphatic rings. The molecule has 0 unspecified atom stereocenters. The van der Waals surface area contributed by atoms with E-state index in [2.05, 4.69) is 11.5 Å². The van der Waals surface area contributed by atoms with Gasteiger partial charge in [0.05, 0.1) is 13.2 Å². The fourth-order valence-electron chi connectivity index (χ4n) is 0.396. The summed E-state index contributed by atoms with van der Waals surface area (Å²) in [6.07, 6.45) is 0. The lowest BCUT2D eigenvalue weighted by atomic mass is 10.3. The highest BCUT2D eigenvalue weighted by Gasteiger charge is 2.05. The number of carbonyl (C=O) groups excluding carboxylic acids is 1. The van der Waals surface area contributed by atoms with Gasteiger partial charge in [-0.3, -0.25) is 0 Å². The molecule has 0 fully saturated rings. The number of rotatable bonds is 5. The zero-order chi connectivity index (χ0) is 7.98. The highest BCUT2D eigenvalue weighted by atomic mass is 16.5. The first-order valence-electron chi connectivity index (χ1n) is 3.09. The lowest BCUT2D eigenvalue weighted by molar-refractivity contribution is -0.444. The van der Waals surface area contributed by atoms with Gasteiger partial charge < -0.3 is 26.1 Å². The Morgan fingerprint density at radius 2 is 2.30 bits per heavy atom. The summed E-state index contributed by atoms with van der Waals surface area (Å²) in [5, 5.41) is 10.0. The van der Waals surface area contributed by atoms with Crippen molar-refractivity contribution in [3.63, 3.8) is 0 Å². The summed E-state index contributed by atoms with van der Waals surface area (Å²) in [7, 11) is 0. The Labute approximate surface area is 58.9 Å². The van der Waals surface area contributed by atoms with E-state index >= 15 is 0 Å². The summed E-state index contributed by atoms with van der Waals surface area (Å²) in [6, 6.07) is -0.772. The van der Waals surface area contributed by atoms with Crippen LogP contribution in [-0.2, 0) is 9.53 Å². The van der Waals surface area contributed by atoms with Gasteiger partial charge in [-0.25, -0.2) is 0 Å². The summed E-state index contributed by atoms with van der Waals surface area (Å²) >= 11 is 0. The third-order valence-electron chi connectivity index (χ3n) is 0.941. The third-order valence-corrected chi connectivity index (χ3v) is 0.941. The lowest BCUT2D eigenvalue weighted by Gasteiger charge is -2.07. The predicted molar refractivity (Wildman–Crippen MR) is 30.3 cm³/mol. The predicted octanol–water partition coefficient (Wildman–Crippen LogP) is -4.39.